The van der Waals surface area contributed by atoms with Gasteiger partial charge in [0.25, 0.3) is 17.4 Å². The molecule has 1 atom stereocenters. The summed E-state index contributed by atoms with van der Waals surface area (Å²) in [5.41, 5.74) is 0.393. The van der Waals surface area contributed by atoms with Crippen LogP contribution in [0.4, 0.5) is 15.8 Å². The van der Waals surface area contributed by atoms with Crippen molar-refractivity contribution in [3.8, 4) is 0 Å². The maximum atomic E-state index is 13.5. The first kappa shape index (κ1) is 21.2. The molecule has 0 bridgehead atoms. The van der Waals surface area contributed by atoms with Gasteiger partial charge in [-0.2, -0.15) is 0 Å². The number of amides is 1. The first-order chi connectivity index (χ1) is 15.3. The number of nitro benzene ring substituents is 1. The molecule has 0 aromatic heterocycles. The summed E-state index contributed by atoms with van der Waals surface area (Å²) < 4.78 is 13.5. The summed E-state index contributed by atoms with van der Waals surface area (Å²) in [4.78, 5) is 37.5. The number of nitro groups is 1. The molecule has 0 radical (unpaired) electrons. The summed E-state index contributed by atoms with van der Waals surface area (Å²) in [7, 11) is 0. The lowest BCUT2D eigenvalue weighted by Gasteiger charge is -2.25. The van der Waals surface area contributed by atoms with E-state index >= 15 is 0 Å². The predicted octanol–water partition coefficient (Wildman–Crippen LogP) is 5.01. The number of aliphatic hydroxyl groups excluding tert-OH is 1. The van der Waals surface area contributed by atoms with Crippen LogP contribution in [0.3, 0.4) is 0 Å². The first-order valence-electron chi connectivity index (χ1n) is 9.35. The summed E-state index contributed by atoms with van der Waals surface area (Å²) in [5.74, 6) is -2.86. The normalized spacial score (nSPS) is 17.6. The number of benzene rings is 3. The van der Waals surface area contributed by atoms with Gasteiger partial charge in [-0.1, -0.05) is 29.8 Å². The molecule has 1 N–H and O–H groups in total. The first-order valence-corrected chi connectivity index (χ1v) is 9.72. The third-order valence-corrected chi connectivity index (χ3v) is 5.30. The molecule has 3 aromatic carbocycles. The number of nitrogens with zero attached hydrogens (tertiary/aromatic N) is 2. The van der Waals surface area contributed by atoms with Gasteiger partial charge in [-0.3, -0.25) is 24.6 Å². The molecule has 1 aliphatic rings. The van der Waals surface area contributed by atoms with E-state index in [1.807, 2.05) is 0 Å². The molecule has 0 spiro atoms. The van der Waals surface area contributed by atoms with Crippen molar-refractivity contribution in [3.05, 3.63) is 110 Å². The Morgan fingerprint density at radius 1 is 1.03 bits per heavy atom. The summed E-state index contributed by atoms with van der Waals surface area (Å²) in [6.45, 7) is 0. The molecule has 0 saturated carbocycles. The molecular formula is C23H14ClFN2O5. The minimum absolute atomic E-state index is 0.117. The summed E-state index contributed by atoms with van der Waals surface area (Å²) in [5, 5.41) is 22.2. The van der Waals surface area contributed by atoms with E-state index in [1.165, 1.54) is 59.5 Å². The number of aliphatic hydroxyl groups is 1. The van der Waals surface area contributed by atoms with Gasteiger partial charge >= 0.3 is 0 Å². The molecule has 4 rings (SSSR count). The molecule has 3 aromatic rings. The highest BCUT2D eigenvalue weighted by molar-refractivity contribution is 6.51. The Balaban J connectivity index is 1.92. The van der Waals surface area contributed by atoms with E-state index in [9.17, 15) is 29.2 Å². The zero-order valence-electron chi connectivity index (χ0n) is 16.2. The van der Waals surface area contributed by atoms with E-state index in [-0.39, 0.29) is 16.8 Å². The Morgan fingerprint density at radius 3 is 2.28 bits per heavy atom. The molecular weight excluding hydrogens is 439 g/mol. The number of carbonyl (C=O) groups excluding carboxylic acids is 2. The molecule has 1 heterocycles. The van der Waals surface area contributed by atoms with Gasteiger partial charge in [0.1, 0.15) is 11.6 Å². The third-order valence-electron chi connectivity index (χ3n) is 5.07. The van der Waals surface area contributed by atoms with Gasteiger partial charge in [0.05, 0.1) is 16.5 Å². The quantitative estimate of drug-likeness (QED) is 0.197. The van der Waals surface area contributed by atoms with Crippen LogP contribution in [0, 0.1) is 15.9 Å². The summed E-state index contributed by atoms with van der Waals surface area (Å²) >= 11 is 6.07. The van der Waals surface area contributed by atoms with Crippen LogP contribution in [0.1, 0.15) is 17.2 Å². The predicted molar refractivity (Wildman–Crippen MR) is 116 cm³/mol. The molecule has 1 saturated heterocycles. The summed E-state index contributed by atoms with van der Waals surface area (Å²) in [6.07, 6.45) is 0. The number of Topliss-reactive ketones (excluding diaryl/α,β-unsaturated/α-hetero) is 1. The van der Waals surface area contributed by atoms with E-state index in [2.05, 4.69) is 0 Å². The van der Waals surface area contributed by atoms with Crippen molar-refractivity contribution in [2.24, 2.45) is 0 Å². The van der Waals surface area contributed by atoms with Crippen molar-refractivity contribution >= 4 is 40.4 Å². The Bertz CT molecular complexity index is 1270. The maximum absolute atomic E-state index is 13.5. The number of hydrogen-bond donors (Lipinski definition) is 1. The molecule has 32 heavy (non-hydrogen) atoms. The van der Waals surface area contributed by atoms with E-state index in [0.29, 0.717) is 16.3 Å². The van der Waals surface area contributed by atoms with Crippen molar-refractivity contribution in [1.29, 1.82) is 0 Å². The largest absolute Gasteiger partial charge is 0.507 e. The van der Waals surface area contributed by atoms with E-state index in [1.54, 1.807) is 18.2 Å². The van der Waals surface area contributed by atoms with Crippen LogP contribution < -0.4 is 4.90 Å². The van der Waals surface area contributed by atoms with Gasteiger partial charge in [0.2, 0.25) is 0 Å². The topological polar surface area (TPSA) is 101 Å². The van der Waals surface area contributed by atoms with Crippen LogP contribution in [0.5, 0.6) is 0 Å². The van der Waals surface area contributed by atoms with Gasteiger partial charge < -0.3 is 5.11 Å². The molecule has 1 unspecified atom stereocenters. The number of anilines is 1. The summed E-state index contributed by atoms with van der Waals surface area (Å²) in [6, 6.07) is 15.3. The van der Waals surface area contributed by atoms with Gasteiger partial charge in [-0.05, 0) is 48.0 Å². The molecule has 0 aliphatic carbocycles. The van der Waals surface area contributed by atoms with Crippen molar-refractivity contribution in [2.45, 2.75) is 6.04 Å². The van der Waals surface area contributed by atoms with Crippen LogP contribution in [-0.2, 0) is 9.59 Å². The Labute approximate surface area is 186 Å². The van der Waals surface area contributed by atoms with Crippen molar-refractivity contribution in [2.75, 3.05) is 4.90 Å². The van der Waals surface area contributed by atoms with E-state index < -0.39 is 34.2 Å². The Morgan fingerprint density at radius 2 is 1.69 bits per heavy atom. The average Bonchev–Trinajstić information content (AvgIpc) is 3.04. The monoisotopic (exact) mass is 452 g/mol. The van der Waals surface area contributed by atoms with Crippen LogP contribution in [-0.4, -0.2) is 21.7 Å². The van der Waals surface area contributed by atoms with E-state index in [4.69, 9.17) is 11.6 Å². The standard InChI is InChI=1S/C23H14ClFN2O5/c24-15-2-1-3-18(12-15)26-20(13-4-8-16(25)9-5-13)19(22(29)23(26)30)21(28)14-6-10-17(11-7-14)27(31)32/h1-12,20,28H/b21-19+. The minimum atomic E-state index is -1.07. The number of non-ortho nitro benzene ring substituents is 1. The van der Waals surface area contributed by atoms with Gasteiger partial charge in [-0.15, -0.1) is 0 Å². The molecule has 1 aliphatic heterocycles. The lowest BCUT2D eigenvalue weighted by atomic mass is 9.95. The second-order valence-electron chi connectivity index (χ2n) is 7.00. The van der Waals surface area contributed by atoms with Crippen molar-refractivity contribution < 1.29 is 24.0 Å². The number of ketones is 1. The number of halogens is 2. The number of rotatable bonds is 4. The van der Waals surface area contributed by atoms with Crippen LogP contribution in [0.15, 0.2) is 78.4 Å². The Hall–Kier alpha value is -4.04. The highest BCUT2D eigenvalue weighted by Crippen LogP contribution is 2.42. The van der Waals surface area contributed by atoms with Gasteiger partial charge in [-0.25, -0.2) is 4.39 Å². The van der Waals surface area contributed by atoms with Crippen molar-refractivity contribution in [3.63, 3.8) is 0 Å². The van der Waals surface area contributed by atoms with Gasteiger partial charge in [0, 0.05) is 28.4 Å². The fraction of sp³-hybridized carbons (Fsp3) is 0.0435. The van der Waals surface area contributed by atoms with Crippen LogP contribution >= 0.6 is 11.6 Å². The number of carbonyl (C=O) groups is 2. The molecule has 1 amide bonds. The third kappa shape index (κ3) is 3.72. The zero-order chi connectivity index (χ0) is 23.0. The van der Waals surface area contributed by atoms with Gasteiger partial charge in [0.15, 0.2) is 0 Å². The number of hydrogen-bond acceptors (Lipinski definition) is 5. The minimum Gasteiger partial charge on any atom is -0.507 e. The van der Waals surface area contributed by atoms with Crippen LogP contribution in [0.2, 0.25) is 5.02 Å². The average molecular weight is 453 g/mol. The van der Waals surface area contributed by atoms with Crippen molar-refractivity contribution in [1.82, 2.24) is 0 Å². The van der Waals surface area contributed by atoms with Crippen LogP contribution in [0.25, 0.3) is 5.76 Å². The molecule has 1 fully saturated rings. The molecule has 160 valence electrons. The fourth-order valence-corrected chi connectivity index (χ4v) is 3.77. The Kier molecular flexibility index (Phi) is 5.46. The van der Waals surface area contributed by atoms with E-state index in [0.717, 1.165) is 0 Å². The second kappa shape index (κ2) is 8.24. The molecule has 9 heteroatoms. The smallest absolute Gasteiger partial charge is 0.300 e. The molecule has 7 nitrogen and oxygen atoms in total. The highest BCUT2D eigenvalue weighted by atomic mass is 35.5. The second-order valence-corrected chi connectivity index (χ2v) is 7.44. The SMILES string of the molecule is O=C1C(=O)N(c2cccc(Cl)c2)C(c2ccc(F)cc2)/C1=C(\O)c1ccc([N+](=O)[O-])cc1. The zero-order valence-corrected chi connectivity index (χ0v) is 17.0. The lowest BCUT2D eigenvalue weighted by molar-refractivity contribution is -0.384. The maximum Gasteiger partial charge on any atom is 0.300 e. The lowest BCUT2D eigenvalue weighted by Crippen LogP contribution is -2.29. The fourth-order valence-electron chi connectivity index (χ4n) is 3.58. The highest BCUT2D eigenvalue weighted by Gasteiger charge is 2.47.